The molecule has 0 saturated heterocycles. The molecule has 3 rings (SSSR count). The highest BCUT2D eigenvalue weighted by Gasteiger charge is 2.03. The average molecular weight is 358 g/mol. The molecule has 0 radical (unpaired) electrons. The Morgan fingerprint density at radius 1 is 1.25 bits per heavy atom. The molecule has 1 aromatic carbocycles. The third kappa shape index (κ3) is 4.34. The van der Waals surface area contributed by atoms with Gasteiger partial charge in [-0.05, 0) is 35.2 Å². The molecule has 6 heteroatoms. The van der Waals surface area contributed by atoms with Crippen LogP contribution in [0.4, 0.5) is 0 Å². The third-order valence-corrected chi connectivity index (χ3v) is 4.61. The summed E-state index contributed by atoms with van der Waals surface area (Å²) in [4.78, 5) is 13.0. The van der Waals surface area contributed by atoms with Crippen LogP contribution in [0, 0.1) is 0 Å². The second-order valence-corrected chi connectivity index (χ2v) is 6.44. The lowest BCUT2D eigenvalue weighted by molar-refractivity contribution is -0.116. The first-order valence-electron chi connectivity index (χ1n) is 7.50. The molecule has 0 spiro atoms. The monoisotopic (exact) mass is 357 g/mol. The van der Waals surface area contributed by atoms with Gasteiger partial charge in [0, 0.05) is 23.8 Å². The van der Waals surface area contributed by atoms with Crippen molar-refractivity contribution in [3.8, 4) is 10.6 Å². The van der Waals surface area contributed by atoms with Crippen molar-refractivity contribution >= 4 is 34.9 Å². The number of nitrogens with one attached hydrogen (secondary N) is 1. The normalized spacial score (nSPS) is 11.0. The Morgan fingerprint density at radius 2 is 2.12 bits per heavy atom. The van der Waals surface area contributed by atoms with E-state index in [1.807, 2.05) is 52.7 Å². The van der Waals surface area contributed by atoms with E-state index in [9.17, 15) is 4.79 Å². The fourth-order valence-corrected chi connectivity index (χ4v) is 3.06. The van der Waals surface area contributed by atoms with E-state index in [-0.39, 0.29) is 5.91 Å². The Labute approximate surface area is 149 Å². The Kier molecular flexibility index (Phi) is 5.46. The topological polar surface area (TPSA) is 46.9 Å². The molecule has 1 amide bonds. The average Bonchev–Trinajstić information content (AvgIpc) is 3.25. The highest BCUT2D eigenvalue weighted by molar-refractivity contribution is 7.13. The Balaban J connectivity index is 1.48. The molecule has 0 bridgehead atoms. The van der Waals surface area contributed by atoms with Gasteiger partial charge >= 0.3 is 0 Å². The van der Waals surface area contributed by atoms with Crippen molar-refractivity contribution in [2.24, 2.45) is 0 Å². The van der Waals surface area contributed by atoms with Gasteiger partial charge in [0.25, 0.3) is 0 Å². The molecule has 2 aromatic heterocycles. The van der Waals surface area contributed by atoms with Gasteiger partial charge in [-0.3, -0.25) is 9.48 Å². The maximum Gasteiger partial charge on any atom is 0.244 e. The van der Waals surface area contributed by atoms with Gasteiger partial charge in [-0.25, -0.2) is 0 Å². The van der Waals surface area contributed by atoms with E-state index in [0.717, 1.165) is 16.1 Å². The van der Waals surface area contributed by atoms with Gasteiger partial charge in [0.2, 0.25) is 5.91 Å². The number of carbonyl (C=O) groups excluding carboxylic acids is 1. The predicted octanol–water partition coefficient (Wildman–Crippen LogP) is 4.09. The summed E-state index contributed by atoms with van der Waals surface area (Å²) < 4.78 is 1.83. The summed E-state index contributed by atoms with van der Waals surface area (Å²) in [6, 6.07) is 13.4. The number of thiophene rings is 1. The SMILES string of the molecule is O=C(/C=C/c1ccccc1Cl)NCCn1ccc(-c2cccs2)n1. The summed E-state index contributed by atoms with van der Waals surface area (Å²) in [5.41, 5.74) is 1.77. The number of halogens is 1. The Bertz CT molecular complexity index is 840. The van der Waals surface area contributed by atoms with Gasteiger partial charge < -0.3 is 5.32 Å². The van der Waals surface area contributed by atoms with Crippen LogP contribution in [0.5, 0.6) is 0 Å². The van der Waals surface area contributed by atoms with Crippen molar-refractivity contribution in [3.05, 3.63) is 70.7 Å². The maximum absolute atomic E-state index is 11.8. The molecule has 0 fully saturated rings. The number of hydrogen-bond acceptors (Lipinski definition) is 3. The summed E-state index contributed by atoms with van der Waals surface area (Å²) in [7, 11) is 0. The summed E-state index contributed by atoms with van der Waals surface area (Å²) >= 11 is 7.70. The first kappa shape index (κ1) is 16.5. The van der Waals surface area contributed by atoms with Gasteiger partial charge in [-0.15, -0.1) is 11.3 Å². The van der Waals surface area contributed by atoms with Crippen molar-refractivity contribution in [1.82, 2.24) is 15.1 Å². The highest BCUT2D eigenvalue weighted by Crippen LogP contribution is 2.22. The quantitative estimate of drug-likeness (QED) is 0.675. The first-order chi connectivity index (χ1) is 11.7. The van der Waals surface area contributed by atoms with Gasteiger partial charge in [0.05, 0.1) is 11.4 Å². The van der Waals surface area contributed by atoms with E-state index in [0.29, 0.717) is 18.1 Å². The van der Waals surface area contributed by atoms with Crippen LogP contribution >= 0.6 is 22.9 Å². The zero-order chi connectivity index (χ0) is 16.8. The second-order valence-electron chi connectivity index (χ2n) is 5.09. The van der Waals surface area contributed by atoms with Gasteiger partial charge in [-0.2, -0.15) is 5.10 Å². The van der Waals surface area contributed by atoms with Crippen molar-refractivity contribution in [2.75, 3.05) is 6.54 Å². The van der Waals surface area contributed by atoms with Crippen LogP contribution in [0.1, 0.15) is 5.56 Å². The molecule has 0 saturated carbocycles. The number of carbonyl (C=O) groups is 1. The lowest BCUT2D eigenvalue weighted by Crippen LogP contribution is -2.25. The van der Waals surface area contributed by atoms with E-state index in [2.05, 4.69) is 10.4 Å². The molecule has 0 atom stereocenters. The first-order valence-corrected chi connectivity index (χ1v) is 8.76. The third-order valence-electron chi connectivity index (χ3n) is 3.37. The largest absolute Gasteiger partial charge is 0.351 e. The smallest absolute Gasteiger partial charge is 0.244 e. The number of nitrogens with zero attached hydrogens (tertiary/aromatic N) is 2. The minimum Gasteiger partial charge on any atom is -0.351 e. The number of benzene rings is 1. The summed E-state index contributed by atoms with van der Waals surface area (Å²) in [6.07, 6.45) is 5.11. The van der Waals surface area contributed by atoms with Crippen LogP contribution in [0.3, 0.4) is 0 Å². The van der Waals surface area contributed by atoms with Crippen molar-refractivity contribution in [2.45, 2.75) is 6.54 Å². The van der Waals surface area contributed by atoms with Crippen molar-refractivity contribution in [1.29, 1.82) is 0 Å². The summed E-state index contributed by atoms with van der Waals surface area (Å²) in [5, 5.41) is 9.98. The number of rotatable bonds is 6. The number of aromatic nitrogens is 2. The van der Waals surface area contributed by atoms with Crippen LogP contribution < -0.4 is 5.32 Å². The second kappa shape index (κ2) is 7.95. The summed E-state index contributed by atoms with van der Waals surface area (Å²) in [5.74, 6) is -0.152. The minimum absolute atomic E-state index is 0.152. The molecule has 0 aliphatic rings. The van der Waals surface area contributed by atoms with Crippen LogP contribution in [0.25, 0.3) is 16.6 Å². The molecule has 0 aliphatic heterocycles. The molecule has 24 heavy (non-hydrogen) atoms. The fourth-order valence-electron chi connectivity index (χ4n) is 2.17. The van der Waals surface area contributed by atoms with Crippen LogP contribution in [0.15, 0.2) is 60.1 Å². The highest BCUT2D eigenvalue weighted by atomic mass is 35.5. The lowest BCUT2D eigenvalue weighted by atomic mass is 10.2. The number of hydrogen-bond donors (Lipinski definition) is 1. The molecule has 2 heterocycles. The Morgan fingerprint density at radius 3 is 2.92 bits per heavy atom. The van der Waals surface area contributed by atoms with Gasteiger partial charge in [0.1, 0.15) is 5.69 Å². The number of amides is 1. The zero-order valence-corrected chi connectivity index (χ0v) is 14.4. The molecule has 122 valence electrons. The molecule has 4 nitrogen and oxygen atoms in total. The van der Waals surface area contributed by atoms with E-state index in [1.54, 1.807) is 23.5 Å². The van der Waals surface area contributed by atoms with E-state index in [4.69, 9.17) is 11.6 Å². The zero-order valence-electron chi connectivity index (χ0n) is 12.9. The standard InChI is InChI=1S/C18H16ClN3OS/c19-15-5-2-1-4-14(15)7-8-18(23)20-10-12-22-11-9-16(21-22)17-6-3-13-24-17/h1-9,11,13H,10,12H2,(H,20,23)/b8-7+. The van der Waals surface area contributed by atoms with E-state index >= 15 is 0 Å². The molecular weight excluding hydrogens is 342 g/mol. The molecule has 3 aromatic rings. The molecule has 1 N–H and O–H groups in total. The Hall–Kier alpha value is -2.37. The van der Waals surface area contributed by atoms with Crippen LogP contribution in [0.2, 0.25) is 5.02 Å². The van der Waals surface area contributed by atoms with E-state index < -0.39 is 0 Å². The lowest BCUT2D eigenvalue weighted by Gasteiger charge is -2.03. The van der Waals surface area contributed by atoms with Crippen LogP contribution in [-0.2, 0) is 11.3 Å². The van der Waals surface area contributed by atoms with E-state index in [1.165, 1.54) is 6.08 Å². The summed E-state index contributed by atoms with van der Waals surface area (Å²) in [6.45, 7) is 1.13. The van der Waals surface area contributed by atoms with Crippen molar-refractivity contribution < 1.29 is 4.79 Å². The fraction of sp³-hybridized carbons (Fsp3) is 0.111. The molecule has 0 unspecified atom stereocenters. The van der Waals surface area contributed by atoms with Gasteiger partial charge in [-0.1, -0.05) is 35.9 Å². The van der Waals surface area contributed by atoms with Gasteiger partial charge in [0.15, 0.2) is 0 Å². The van der Waals surface area contributed by atoms with Crippen molar-refractivity contribution in [3.63, 3.8) is 0 Å². The maximum atomic E-state index is 11.8. The molecule has 0 aliphatic carbocycles. The predicted molar refractivity (Wildman–Crippen MR) is 99.0 cm³/mol. The molecular formula is C18H16ClN3OS. The van der Waals surface area contributed by atoms with Crippen LogP contribution in [-0.4, -0.2) is 22.2 Å². The minimum atomic E-state index is -0.152.